The Bertz CT molecular complexity index is 902. The molecule has 1 aromatic heterocycles. The number of aromatic nitrogens is 2. The number of piperidine rings is 1. The van der Waals surface area contributed by atoms with Crippen LogP contribution in [0, 0.1) is 5.82 Å². The average Bonchev–Trinajstić information content (AvgIpc) is 3.31. The normalized spacial score (nSPS) is 13.5. The molecule has 1 aromatic carbocycles. The quantitative estimate of drug-likeness (QED) is 0.394. The highest BCUT2D eigenvalue weighted by atomic mass is 32.2. The van der Waals surface area contributed by atoms with Gasteiger partial charge in [-0.05, 0) is 44.3 Å². The number of hydrogen-bond acceptors (Lipinski definition) is 9. The first-order valence-electron chi connectivity index (χ1n) is 11.1. The van der Waals surface area contributed by atoms with Crippen molar-refractivity contribution in [1.82, 2.24) is 15.0 Å². The Hall–Kier alpha value is -2.86. The number of hydrogen-bond donors (Lipinski definition) is 2. The summed E-state index contributed by atoms with van der Waals surface area (Å²) in [5.74, 6) is 0.202. The zero-order chi connectivity index (χ0) is 26.4. The molecule has 0 unspecified atom stereocenters. The lowest BCUT2D eigenvalue weighted by atomic mass is 10.0. The van der Waals surface area contributed by atoms with Crippen LogP contribution in [0.15, 0.2) is 27.6 Å². The number of nitrogens with zero attached hydrogens (tertiary/aromatic N) is 4. The molecule has 0 bridgehead atoms. The second-order valence-corrected chi connectivity index (χ2v) is 8.94. The van der Waals surface area contributed by atoms with Crippen molar-refractivity contribution in [2.45, 2.75) is 50.5 Å². The van der Waals surface area contributed by atoms with Crippen LogP contribution in [0.2, 0.25) is 0 Å². The molecule has 35 heavy (non-hydrogen) atoms. The second-order valence-electron chi connectivity index (χ2n) is 8.06. The molecule has 1 aliphatic rings. The van der Waals surface area contributed by atoms with Crippen LogP contribution < -0.4 is 9.64 Å². The highest BCUT2D eigenvalue weighted by molar-refractivity contribution is 7.98. The number of rotatable bonds is 8. The zero-order valence-corrected chi connectivity index (χ0v) is 21.6. The summed E-state index contributed by atoms with van der Waals surface area (Å²) in [5, 5.41) is 18.4. The van der Waals surface area contributed by atoms with Gasteiger partial charge in [0, 0.05) is 43.4 Å². The van der Waals surface area contributed by atoms with Gasteiger partial charge in [0.25, 0.3) is 12.4 Å². The first kappa shape index (κ1) is 30.2. The Kier molecular flexibility index (Phi) is 13.7. The highest BCUT2D eigenvalue weighted by Gasteiger charge is 2.25. The topological polar surface area (TPSA) is 129 Å². The van der Waals surface area contributed by atoms with Crippen LogP contribution in [0.25, 0.3) is 0 Å². The summed E-state index contributed by atoms with van der Waals surface area (Å²) in [4.78, 5) is 27.2. The number of carboxylic acids is 1. The van der Waals surface area contributed by atoms with Gasteiger partial charge in [0.05, 0.1) is 0 Å². The molecule has 0 amide bonds. The lowest BCUT2D eigenvalue weighted by Crippen LogP contribution is -2.44. The van der Waals surface area contributed by atoms with Crippen LogP contribution in [0.5, 0.6) is 5.75 Å². The van der Waals surface area contributed by atoms with E-state index in [1.807, 2.05) is 12.3 Å². The van der Waals surface area contributed by atoms with Crippen molar-refractivity contribution < 1.29 is 33.5 Å². The molecular weight excluding hydrogens is 479 g/mol. The van der Waals surface area contributed by atoms with E-state index in [0.29, 0.717) is 24.4 Å². The maximum Gasteiger partial charge on any atom is 0.324 e. The third-order valence-electron chi connectivity index (χ3n) is 5.15. The van der Waals surface area contributed by atoms with Crippen molar-refractivity contribution in [2.24, 2.45) is 0 Å². The molecule has 196 valence electrons. The fourth-order valence-electron chi connectivity index (χ4n) is 3.30. The van der Waals surface area contributed by atoms with E-state index >= 15 is 0 Å². The Labute approximate surface area is 209 Å². The van der Waals surface area contributed by atoms with Gasteiger partial charge in [-0.3, -0.25) is 14.5 Å². The van der Waals surface area contributed by atoms with Crippen LogP contribution in [0.4, 0.5) is 10.4 Å². The summed E-state index contributed by atoms with van der Waals surface area (Å²) in [6, 6.07) is 6.19. The Balaban J connectivity index is 0.000000778. The molecule has 0 saturated carbocycles. The number of anilines is 1. The summed E-state index contributed by atoms with van der Waals surface area (Å²) in [6.07, 6.45) is 3.97. The molecule has 3 rings (SSSR count). The zero-order valence-electron chi connectivity index (χ0n) is 20.8. The predicted octanol–water partition coefficient (Wildman–Crippen LogP) is 3.83. The number of aliphatic carboxylic acids is 1. The maximum atomic E-state index is 14.0. The van der Waals surface area contributed by atoms with Gasteiger partial charge in [-0.15, -0.1) is 11.8 Å². The fourth-order valence-corrected chi connectivity index (χ4v) is 3.72. The van der Waals surface area contributed by atoms with Crippen molar-refractivity contribution in [3.05, 3.63) is 29.8 Å². The molecule has 0 aliphatic carbocycles. The minimum Gasteiger partial charge on any atom is -0.489 e. The van der Waals surface area contributed by atoms with Crippen molar-refractivity contribution in [2.75, 3.05) is 44.4 Å². The highest BCUT2D eigenvalue weighted by Crippen LogP contribution is 2.24. The van der Waals surface area contributed by atoms with Crippen LogP contribution in [0.3, 0.4) is 0 Å². The lowest BCUT2D eigenvalue weighted by Gasteiger charge is -2.35. The Morgan fingerprint density at radius 1 is 1.40 bits per heavy atom. The summed E-state index contributed by atoms with van der Waals surface area (Å²) in [6.45, 7) is 7.95. The first-order valence-corrected chi connectivity index (χ1v) is 12.4. The number of benzene rings is 1. The molecule has 2 aromatic rings. The number of carboxylic acid groups (broad SMARTS) is 2. The van der Waals surface area contributed by atoms with E-state index in [1.54, 1.807) is 6.07 Å². The number of thioether (sulfide) groups is 1. The van der Waals surface area contributed by atoms with E-state index in [0.717, 1.165) is 50.1 Å². The SMILES string of the molecule is CC(=O)O.CSc1ccc(OCCN(C)C2CCN(c3nc(C(C)C)no3)CC2)c(F)c1.O=CO. The van der Waals surface area contributed by atoms with Crippen LogP contribution in [-0.4, -0.2) is 83.3 Å². The van der Waals surface area contributed by atoms with E-state index < -0.39 is 5.97 Å². The monoisotopic (exact) mass is 514 g/mol. The number of carbonyl (C=O) groups is 2. The Morgan fingerprint density at radius 2 is 2.00 bits per heavy atom. The lowest BCUT2D eigenvalue weighted by molar-refractivity contribution is -0.134. The van der Waals surface area contributed by atoms with E-state index in [-0.39, 0.29) is 18.2 Å². The molecule has 1 saturated heterocycles. The third-order valence-corrected chi connectivity index (χ3v) is 5.87. The van der Waals surface area contributed by atoms with Gasteiger partial charge in [0.2, 0.25) is 0 Å². The van der Waals surface area contributed by atoms with Gasteiger partial charge in [-0.25, -0.2) is 4.39 Å². The first-order chi connectivity index (χ1) is 16.6. The van der Waals surface area contributed by atoms with Gasteiger partial charge in [-0.1, -0.05) is 19.0 Å². The summed E-state index contributed by atoms with van der Waals surface area (Å²) in [5.41, 5.74) is 0. The largest absolute Gasteiger partial charge is 0.489 e. The average molecular weight is 515 g/mol. The van der Waals surface area contributed by atoms with Gasteiger partial charge >= 0.3 is 6.01 Å². The maximum absolute atomic E-state index is 14.0. The van der Waals surface area contributed by atoms with Crippen LogP contribution >= 0.6 is 11.8 Å². The fraction of sp³-hybridized carbons (Fsp3) is 0.565. The summed E-state index contributed by atoms with van der Waals surface area (Å²) < 4.78 is 25.0. The molecule has 0 spiro atoms. The molecule has 2 heterocycles. The smallest absolute Gasteiger partial charge is 0.324 e. The number of likely N-dealkylation sites (N-methyl/N-ethyl adjacent to an activating group) is 1. The van der Waals surface area contributed by atoms with E-state index in [2.05, 4.69) is 40.8 Å². The standard InChI is InChI=1S/C20H29FN4O2S.C2H4O2.CH2O2/c1-14(2)19-22-20(27-23-19)25-9-7-15(8-10-25)24(3)11-12-26-18-6-5-16(28-4)13-17(18)21;1-2(3)4;2-1-3/h5-6,13-15H,7-12H2,1-4H3;1H3,(H,3,4);1H,(H,2,3). The molecule has 0 atom stereocenters. The summed E-state index contributed by atoms with van der Waals surface area (Å²) >= 11 is 1.52. The van der Waals surface area contributed by atoms with Crippen molar-refractivity contribution >= 4 is 30.2 Å². The number of ether oxygens (including phenoxy) is 1. The number of halogens is 1. The Morgan fingerprint density at radius 3 is 2.49 bits per heavy atom. The minimum atomic E-state index is -0.833. The van der Waals surface area contributed by atoms with Crippen LogP contribution in [-0.2, 0) is 9.59 Å². The summed E-state index contributed by atoms with van der Waals surface area (Å²) in [7, 11) is 2.10. The van der Waals surface area contributed by atoms with Crippen molar-refractivity contribution in [3.8, 4) is 5.75 Å². The predicted molar refractivity (Wildman–Crippen MR) is 132 cm³/mol. The van der Waals surface area contributed by atoms with Crippen molar-refractivity contribution in [1.29, 1.82) is 0 Å². The van der Waals surface area contributed by atoms with Crippen LogP contribution in [0.1, 0.15) is 45.4 Å². The second kappa shape index (κ2) is 15.9. The van der Waals surface area contributed by atoms with Gasteiger partial charge in [-0.2, -0.15) is 4.98 Å². The third kappa shape index (κ3) is 11.0. The molecule has 10 nitrogen and oxygen atoms in total. The van der Waals surface area contributed by atoms with Gasteiger partial charge in [0.15, 0.2) is 17.4 Å². The minimum absolute atomic E-state index is 0.250. The van der Waals surface area contributed by atoms with Gasteiger partial charge in [0.1, 0.15) is 6.61 Å². The van der Waals surface area contributed by atoms with Crippen molar-refractivity contribution in [3.63, 3.8) is 0 Å². The molecule has 2 N–H and O–H groups in total. The molecule has 0 radical (unpaired) electrons. The molecule has 12 heteroatoms. The van der Waals surface area contributed by atoms with E-state index in [4.69, 9.17) is 29.1 Å². The van der Waals surface area contributed by atoms with E-state index in [9.17, 15) is 4.39 Å². The molecular formula is C23H35FN4O6S. The molecule has 1 aliphatic heterocycles. The van der Waals surface area contributed by atoms with E-state index in [1.165, 1.54) is 17.8 Å². The molecule has 1 fully saturated rings. The van der Waals surface area contributed by atoms with Gasteiger partial charge < -0.3 is 24.4 Å².